The lowest BCUT2D eigenvalue weighted by molar-refractivity contribution is 0.187. The van der Waals surface area contributed by atoms with Crippen LogP contribution in [0.4, 0.5) is 0 Å². The van der Waals surface area contributed by atoms with Crippen LogP contribution < -0.4 is 10.6 Å². The fraction of sp³-hybridized carbons (Fsp3) is 0.650. The second-order valence-electron chi connectivity index (χ2n) is 6.50. The molecule has 0 aliphatic rings. The molecule has 0 saturated carbocycles. The van der Waals surface area contributed by atoms with Gasteiger partial charge in [-0.2, -0.15) is 0 Å². The number of aliphatic imine (C=N–C) groups is 1. The Morgan fingerprint density at radius 3 is 2.42 bits per heavy atom. The number of nitrogens with one attached hydrogen (secondary N) is 2. The van der Waals surface area contributed by atoms with E-state index >= 15 is 0 Å². The van der Waals surface area contributed by atoms with Crippen LogP contribution in [0.5, 0.6) is 0 Å². The maximum absolute atomic E-state index is 10.3. The topological polar surface area (TPSA) is 59.9 Å². The standard InChI is InChI=1S/C20H35ClN4O/c1-5-22-20(24-16(4)9-8-14-25(6-2)7-3)23-15-19(26)17-10-12-18(21)13-11-17/h10-13,16,19,26H,5-9,14-15H2,1-4H3,(H2,22,23,24). The number of hydrogen-bond acceptors (Lipinski definition) is 3. The lowest BCUT2D eigenvalue weighted by Crippen LogP contribution is -2.42. The summed E-state index contributed by atoms with van der Waals surface area (Å²) in [5, 5.41) is 17.7. The summed E-state index contributed by atoms with van der Waals surface area (Å²) in [6.45, 7) is 13.0. The Balaban J connectivity index is 2.50. The summed E-state index contributed by atoms with van der Waals surface area (Å²) in [6, 6.07) is 7.56. The van der Waals surface area contributed by atoms with Crippen molar-refractivity contribution in [3.63, 3.8) is 0 Å². The normalized spacial score (nSPS) is 14.3. The number of benzene rings is 1. The molecule has 0 amide bonds. The van der Waals surface area contributed by atoms with Crippen molar-refractivity contribution in [2.45, 2.75) is 52.7 Å². The minimum Gasteiger partial charge on any atom is -0.386 e. The zero-order valence-electron chi connectivity index (χ0n) is 16.6. The maximum atomic E-state index is 10.3. The Hall–Kier alpha value is -1.30. The Morgan fingerprint density at radius 1 is 1.19 bits per heavy atom. The van der Waals surface area contributed by atoms with Crippen molar-refractivity contribution in [3.05, 3.63) is 34.9 Å². The van der Waals surface area contributed by atoms with Crippen molar-refractivity contribution in [2.24, 2.45) is 4.99 Å². The SMILES string of the molecule is CCNC(=NCC(O)c1ccc(Cl)cc1)NC(C)CCCN(CC)CC. The number of aliphatic hydroxyl groups excluding tert-OH is 1. The second-order valence-corrected chi connectivity index (χ2v) is 6.94. The van der Waals surface area contributed by atoms with E-state index in [1.807, 2.05) is 19.1 Å². The van der Waals surface area contributed by atoms with Gasteiger partial charge in [-0.05, 0) is 64.0 Å². The maximum Gasteiger partial charge on any atom is 0.191 e. The van der Waals surface area contributed by atoms with Gasteiger partial charge in [0.25, 0.3) is 0 Å². The van der Waals surface area contributed by atoms with E-state index in [4.69, 9.17) is 11.6 Å². The fourth-order valence-electron chi connectivity index (χ4n) is 2.75. The Bertz CT molecular complexity index is 517. The zero-order chi connectivity index (χ0) is 19.4. The first kappa shape index (κ1) is 22.7. The molecule has 2 atom stereocenters. The van der Waals surface area contributed by atoms with Gasteiger partial charge in [-0.1, -0.05) is 37.6 Å². The summed E-state index contributed by atoms with van der Waals surface area (Å²) < 4.78 is 0. The molecule has 0 aliphatic carbocycles. The van der Waals surface area contributed by atoms with Crippen molar-refractivity contribution in [1.82, 2.24) is 15.5 Å². The van der Waals surface area contributed by atoms with Crippen molar-refractivity contribution in [1.29, 1.82) is 0 Å². The molecule has 0 aromatic heterocycles. The number of nitrogens with zero attached hydrogens (tertiary/aromatic N) is 2. The van der Waals surface area contributed by atoms with E-state index in [2.05, 4.69) is 41.3 Å². The van der Waals surface area contributed by atoms with Crippen LogP contribution in [0.25, 0.3) is 0 Å². The van der Waals surface area contributed by atoms with Crippen LogP contribution in [-0.2, 0) is 0 Å². The molecule has 0 saturated heterocycles. The van der Waals surface area contributed by atoms with E-state index < -0.39 is 6.10 Å². The third-order valence-corrected chi connectivity index (χ3v) is 4.66. The Morgan fingerprint density at radius 2 is 1.85 bits per heavy atom. The van der Waals surface area contributed by atoms with Gasteiger partial charge in [-0.15, -0.1) is 0 Å². The highest BCUT2D eigenvalue weighted by atomic mass is 35.5. The molecule has 5 nitrogen and oxygen atoms in total. The summed E-state index contributed by atoms with van der Waals surface area (Å²) >= 11 is 5.89. The zero-order valence-corrected chi connectivity index (χ0v) is 17.4. The average molecular weight is 383 g/mol. The molecular weight excluding hydrogens is 348 g/mol. The third-order valence-electron chi connectivity index (χ3n) is 4.41. The molecule has 0 aliphatic heterocycles. The van der Waals surface area contributed by atoms with Crippen LogP contribution in [0.3, 0.4) is 0 Å². The summed E-state index contributed by atoms with van der Waals surface area (Å²) in [4.78, 5) is 6.97. The van der Waals surface area contributed by atoms with Crippen LogP contribution in [0.15, 0.2) is 29.3 Å². The molecule has 0 heterocycles. The molecule has 1 aromatic rings. The third kappa shape index (κ3) is 8.88. The van der Waals surface area contributed by atoms with Crippen molar-refractivity contribution in [2.75, 3.05) is 32.7 Å². The van der Waals surface area contributed by atoms with E-state index in [0.29, 0.717) is 17.6 Å². The first-order chi connectivity index (χ1) is 12.5. The largest absolute Gasteiger partial charge is 0.386 e. The van der Waals surface area contributed by atoms with E-state index in [-0.39, 0.29) is 0 Å². The minimum atomic E-state index is -0.638. The van der Waals surface area contributed by atoms with E-state index in [9.17, 15) is 5.11 Å². The van der Waals surface area contributed by atoms with Gasteiger partial charge in [0.15, 0.2) is 5.96 Å². The van der Waals surface area contributed by atoms with Crippen molar-refractivity contribution < 1.29 is 5.11 Å². The molecule has 26 heavy (non-hydrogen) atoms. The highest BCUT2D eigenvalue weighted by molar-refractivity contribution is 6.30. The highest BCUT2D eigenvalue weighted by Crippen LogP contribution is 2.16. The number of halogens is 1. The number of hydrogen-bond donors (Lipinski definition) is 3. The predicted octanol–water partition coefficient (Wildman–Crippen LogP) is 3.44. The van der Waals surface area contributed by atoms with Crippen molar-refractivity contribution >= 4 is 17.6 Å². The van der Waals surface area contributed by atoms with Gasteiger partial charge >= 0.3 is 0 Å². The van der Waals surface area contributed by atoms with Gasteiger partial charge in [0.2, 0.25) is 0 Å². The summed E-state index contributed by atoms with van der Waals surface area (Å²) in [5.74, 6) is 0.746. The van der Waals surface area contributed by atoms with Crippen LogP contribution in [-0.4, -0.2) is 54.7 Å². The fourth-order valence-corrected chi connectivity index (χ4v) is 2.88. The molecule has 148 valence electrons. The van der Waals surface area contributed by atoms with E-state index in [0.717, 1.165) is 50.5 Å². The molecule has 1 aromatic carbocycles. The van der Waals surface area contributed by atoms with Gasteiger partial charge in [0.1, 0.15) is 0 Å². The number of guanidine groups is 1. The molecule has 3 N–H and O–H groups in total. The van der Waals surface area contributed by atoms with Crippen LogP contribution in [0, 0.1) is 0 Å². The first-order valence-corrected chi connectivity index (χ1v) is 10.1. The Labute approximate surface area is 163 Å². The molecular formula is C20H35ClN4O. The number of aliphatic hydroxyl groups is 1. The molecule has 0 fully saturated rings. The van der Waals surface area contributed by atoms with Gasteiger partial charge < -0.3 is 20.6 Å². The molecule has 6 heteroatoms. The number of rotatable bonds is 11. The molecule has 1 rings (SSSR count). The first-order valence-electron chi connectivity index (χ1n) is 9.70. The van der Waals surface area contributed by atoms with E-state index in [1.54, 1.807) is 12.1 Å². The second kappa shape index (κ2) is 13.0. The molecule has 2 unspecified atom stereocenters. The van der Waals surface area contributed by atoms with Gasteiger partial charge in [-0.25, -0.2) is 0 Å². The monoisotopic (exact) mass is 382 g/mol. The van der Waals surface area contributed by atoms with Crippen LogP contribution >= 0.6 is 11.6 Å². The smallest absolute Gasteiger partial charge is 0.191 e. The summed E-state index contributed by atoms with van der Waals surface area (Å²) in [6.07, 6.45) is 1.60. The van der Waals surface area contributed by atoms with Gasteiger partial charge in [-0.3, -0.25) is 4.99 Å². The quantitative estimate of drug-likeness (QED) is 0.405. The van der Waals surface area contributed by atoms with Gasteiger partial charge in [0, 0.05) is 17.6 Å². The Kier molecular flexibility index (Phi) is 11.3. The van der Waals surface area contributed by atoms with Gasteiger partial charge in [0.05, 0.1) is 12.6 Å². The summed E-state index contributed by atoms with van der Waals surface area (Å²) in [5.41, 5.74) is 0.821. The lowest BCUT2D eigenvalue weighted by atomic mass is 10.1. The molecule has 0 bridgehead atoms. The molecule has 0 radical (unpaired) electrons. The minimum absolute atomic E-state index is 0.309. The predicted molar refractivity (Wildman–Crippen MR) is 112 cm³/mol. The highest BCUT2D eigenvalue weighted by Gasteiger charge is 2.09. The molecule has 0 spiro atoms. The van der Waals surface area contributed by atoms with Crippen molar-refractivity contribution in [3.8, 4) is 0 Å². The average Bonchev–Trinajstić information content (AvgIpc) is 2.64. The lowest BCUT2D eigenvalue weighted by Gasteiger charge is -2.21. The van der Waals surface area contributed by atoms with Crippen LogP contribution in [0.1, 0.15) is 52.2 Å². The summed E-state index contributed by atoms with van der Waals surface area (Å²) in [7, 11) is 0. The van der Waals surface area contributed by atoms with E-state index in [1.165, 1.54) is 0 Å². The van der Waals surface area contributed by atoms with Crippen LogP contribution in [0.2, 0.25) is 5.02 Å².